The molecule has 0 radical (unpaired) electrons. The molecule has 0 spiro atoms. The molecule has 6 heteroatoms. The van der Waals surface area contributed by atoms with Crippen LogP contribution < -0.4 is 4.74 Å². The second-order valence-electron chi connectivity index (χ2n) is 5.80. The predicted molar refractivity (Wildman–Crippen MR) is 97.2 cm³/mol. The Bertz CT molecular complexity index is 786. The molecule has 2 rings (SSSR count). The van der Waals surface area contributed by atoms with Crippen LogP contribution in [0.3, 0.4) is 0 Å². The Balaban J connectivity index is 2.29. The summed E-state index contributed by atoms with van der Waals surface area (Å²) in [5, 5.41) is 0. The van der Waals surface area contributed by atoms with E-state index >= 15 is 0 Å². The highest BCUT2D eigenvalue weighted by atomic mass is 32.2. The van der Waals surface area contributed by atoms with E-state index in [2.05, 4.69) is 0 Å². The van der Waals surface area contributed by atoms with Gasteiger partial charge in [0.05, 0.1) is 7.11 Å². The molecule has 0 N–H and O–H groups in total. The molecule has 1 unspecified atom stereocenters. The fraction of sp³-hybridized carbons (Fsp3) is 0.333. The monoisotopic (exact) mass is 348 g/mol. The van der Waals surface area contributed by atoms with Gasteiger partial charge in [-0.25, -0.2) is 0 Å². The van der Waals surface area contributed by atoms with E-state index in [9.17, 15) is 8.42 Å². The summed E-state index contributed by atoms with van der Waals surface area (Å²) in [6, 6.07) is 15.4. The van der Waals surface area contributed by atoms with Gasteiger partial charge in [0.2, 0.25) is 0 Å². The Hall–Kier alpha value is -1.89. The van der Waals surface area contributed by atoms with Gasteiger partial charge >= 0.3 is 0 Å². The summed E-state index contributed by atoms with van der Waals surface area (Å²) in [6.45, 7) is 1.87. The highest BCUT2D eigenvalue weighted by Crippen LogP contribution is 2.31. The maximum atomic E-state index is 12.3. The van der Waals surface area contributed by atoms with Crippen LogP contribution in [0.2, 0.25) is 0 Å². The molecule has 5 nitrogen and oxygen atoms in total. The molecule has 130 valence electrons. The highest BCUT2D eigenvalue weighted by molar-refractivity contribution is 7.86. The van der Waals surface area contributed by atoms with Crippen LogP contribution >= 0.6 is 0 Å². The predicted octanol–water partition coefficient (Wildman–Crippen LogP) is 3.16. The van der Waals surface area contributed by atoms with Gasteiger partial charge in [-0.3, -0.25) is 0 Å². The van der Waals surface area contributed by atoms with Gasteiger partial charge < -0.3 is 4.74 Å². The lowest BCUT2D eigenvalue weighted by atomic mass is 10.0. The first-order valence-electron chi connectivity index (χ1n) is 7.68. The summed E-state index contributed by atoms with van der Waals surface area (Å²) >= 11 is 0. The van der Waals surface area contributed by atoms with Crippen molar-refractivity contribution in [1.82, 2.24) is 8.61 Å². The summed E-state index contributed by atoms with van der Waals surface area (Å²) < 4.78 is 32.5. The molecule has 0 aliphatic rings. The SMILES string of the molecule is COc1ccccc1-c1ccc(C(C)N(C)S(=O)(=O)N(C)C)cc1. The maximum Gasteiger partial charge on any atom is 0.281 e. The van der Waals surface area contributed by atoms with Crippen molar-refractivity contribution in [3.05, 3.63) is 54.1 Å². The number of rotatable bonds is 6. The van der Waals surface area contributed by atoms with Crippen molar-refractivity contribution < 1.29 is 13.2 Å². The minimum atomic E-state index is -3.45. The van der Waals surface area contributed by atoms with Gasteiger partial charge in [0, 0.05) is 32.7 Å². The molecular formula is C18H24N2O3S. The third kappa shape index (κ3) is 3.61. The fourth-order valence-corrected chi connectivity index (χ4v) is 3.53. The zero-order chi connectivity index (χ0) is 17.9. The third-order valence-electron chi connectivity index (χ3n) is 4.18. The van der Waals surface area contributed by atoms with Gasteiger partial charge in [-0.05, 0) is 24.1 Å². The van der Waals surface area contributed by atoms with Gasteiger partial charge in [-0.2, -0.15) is 17.0 Å². The van der Waals surface area contributed by atoms with Crippen LogP contribution in [0.15, 0.2) is 48.5 Å². The maximum absolute atomic E-state index is 12.3. The van der Waals surface area contributed by atoms with Crippen molar-refractivity contribution in [2.45, 2.75) is 13.0 Å². The molecule has 0 aliphatic heterocycles. The van der Waals surface area contributed by atoms with Crippen LogP contribution in [0.25, 0.3) is 11.1 Å². The Morgan fingerprint density at radius 3 is 2.08 bits per heavy atom. The topological polar surface area (TPSA) is 49.9 Å². The first-order valence-corrected chi connectivity index (χ1v) is 9.07. The van der Waals surface area contributed by atoms with E-state index in [1.807, 2.05) is 55.5 Å². The summed E-state index contributed by atoms with van der Waals surface area (Å²) in [5.41, 5.74) is 2.97. The van der Waals surface area contributed by atoms with E-state index in [-0.39, 0.29) is 6.04 Å². The number of hydrogen-bond donors (Lipinski definition) is 0. The van der Waals surface area contributed by atoms with Crippen LogP contribution in [0.5, 0.6) is 5.75 Å². The van der Waals surface area contributed by atoms with Crippen molar-refractivity contribution in [2.24, 2.45) is 0 Å². The van der Waals surface area contributed by atoms with E-state index < -0.39 is 10.2 Å². The molecule has 0 fully saturated rings. The number of nitrogens with zero attached hydrogens (tertiary/aromatic N) is 2. The van der Waals surface area contributed by atoms with Gasteiger partial charge in [0.25, 0.3) is 10.2 Å². The molecule has 2 aromatic carbocycles. The minimum absolute atomic E-state index is 0.260. The molecule has 0 amide bonds. The number of hydrogen-bond acceptors (Lipinski definition) is 3. The zero-order valence-electron chi connectivity index (χ0n) is 14.7. The summed E-state index contributed by atoms with van der Waals surface area (Å²) in [7, 11) is 2.85. The van der Waals surface area contributed by atoms with Crippen LogP contribution in [0.1, 0.15) is 18.5 Å². The molecule has 0 saturated carbocycles. The van der Waals surface area contributed by atoms with Crippen LogP contribution in [-0.2, 0) is 10.2 Å². The van der Waals surface area contributed by atoms with E-state index in [0.29, 0.717) is 0 Å². The molecule has 2 aromatic rings. The van der Waals surface area contributed by atoms with Gasteiger partial charge in [0.15, 0.2) is 0 Å². The van der Waals surface area contributed by atoms with E-state index in [1.165, 1.54) is 22.7 Å². The smallest absolute Gasteiger partial charge is 0.281 e. The standard InChI is InChI=1S/C18H24N2O3S/c1-14(20(4)24(21,22)19(2)3)15-10-12-16(13-11-15)17-8-6-7-9-18(17)23-5/h6-14H,1-5H3. The molecule has 0 bridgehead atoms. The lowest BCUT2D eigenvalue weighted by Crippen LogP contribution is -2.38. The Kier molecular flexibility index (Phi) is 5.64. The Morgan fingerprint density at radius 2 is 1.54 bits per heavy atom. The normalized spacial score (nSPS) is 13.3. The number of benzene rings is 2. The first kappa shape index (κ1) is 18.4. The average Bonchev–Trinajstić information content (AvgIpc) is 2.60. The first-order chi connectivity index (χ1) is 11.3. The van der Waals surface area contributed by atoms with E-state index in [1.54, 1.807) is 14.2 Å². The van der Waals surface area contributed by atoms with E-state index in [0.717, 1.165) is 22.4 Å². The third-order valence-corrected chi connectivity index (χ3v) is 6.15. The Morgan fingerprint density at radius 1 is 0.958 bits per heavy atom. The van der Waals surface area contributed by atoms with E-state index in [4.69, 9.17) is 4.74 Å². The lowest BCUT2D eigenvalue weighted by Gasteiger charge is -2.27. The second-order valence-corrected chi connectivity index (χ2v) is 8.01. The quantitative estimate of drug-likeness (QED) is 0.806. The summed E-state index contributed by atoms with van der Waals surface area (Å²) in [6.07, 6.45) is 0. The van der Waals surface area contributed by atoms with Gasteiger partial charge in [-0.15, -0.1) is 0 Å². The number of methoxy groups -OCH3 is 1. The molecule has 1 atom stereocenters. The van der Waals surface area contributed by atoms with Gasteiger partial charge in [-0.1, -0.05) is 42.5 Å². The summed E-state index contributed by atoms with van der Waals surface area (Å²) in [5.74, 6) is 0.811. The molecule has 24 heavy (non-hydrogen) atoms. The zero-order valence-corrected chi connectivity index (χ0v) is 15.5. The largest absolute Gasteiger partial charge is 0.496 e. The van der Waals surface area contributed by atoms with Crippen molar-refractivity contribution in [3.8, 4) is 16.9 Å². The van der Waals surface area contributed by atoms with Crippen LogP contribution in [0, 0.1) is 0 Å². The molecule has 0 heterocycles. The van der Waals surface area contributed by atoms with Crippen molar-refractivity contribution in [1.29, 1.82) is 0 Å². The van der Waals surface area contributed by atoms with Crippen molar-refractivity contribution in [2.75, 3.05) is 28.3 Å². The average molecular weight is 348 g/mol. The van der Waals surface area contributed by atoms with Crippen molar-refractivity contribution in [3.63, 3.8) is 0 Å². The fourth-order valence-electron chi connectivity index (χ4n) is 2.49. The minimum Gasteiger partial charge on any atom is -0.496 e. The molecule has 0 aliphatic carbocycles. The highest BCUT2D eigenvalue weighted by Gasteiger charge is 2.26. The Labute approximate surface area is 144 Å². The second kappa shape index (κ2) is 7.34. The summed E-state index contributed by atoms with van der Waals surface area (Å²) in [4.78, 5) is 0. The van der Waals surface area contributed by atoms with Crippen molar-refractivity contribution >= 4 is 10.2 Å². The molecule has 0 saturated heterocycles. The number of ether oxygens (including phenoxy) is 1. The number of para-hydroxylation sites is 1. The lowest BCUT2D eigenvalue weighted by molar-refractivity contribution is 0.364. The van der Waals surface area contributed by atoms with Gasteiger partial charge in [0.1, 0.15) is 5.75 Å². The van der Waals surface area contributed by atoms with Crippen LogP contribution in [0.4, 0.5) is 0 Å². The molecule has 0 aromatic heterocycles. The van der Waals surface area contributed by atoms with Crippen LogP contribution in [-0.4, -0.2) is 45.3 Å². The molecular weight excluding hydrogens is 324 g/mol.